The normalized spacial score (nSPS) is 56.4. The molecule has 4 fully saturated rings. The molecule has 4 aliphatic rings. The van der Waals surface area contributed by atoms with Crippen molar-refractivity contribution in [3.05, 3.63) is 0 Å². The van der Waals surface area contributed by atoms with Crippen LogP contribution in [0.5, 0.6) is 0 Å². The fourth-order valence-electron chi connectivity index (χ4n) is 8.06. The molecule has 1 spiro atoms. The molecule has 136 valence electrons. The van der Waals surface area contributed by atoms with Gasteiger partial charge in [-0.15, -0.1) is 0 Å². The maximum atomic E-state index is 12.1. The van der Waals surface area contributed by atoms with Gasteiger partial charge in [-0.25, -0.2) is 0 Å². The minimum absolute atomic E-state index is 0.0648. The largest absolute Gasteiger partial charge is 0.481 e. The van der Waals surface area contributed by atoms with Crippen LogP contribution in [0.2, 0.25) is 0 Å². The summed E-state index contributed by atoms with van der Waals surface area (Å²) in [7, 11) is 0. The Bertz CT molecular complexity index is 562. The number of aliphatic carboxylic acids is 1. The smallest absolute Gasteiger partial charge is 0.309 e. The molecule has 0 aromatic heterocycles. The second kappa shape index (κ2) is 4.97. The van der Waals surface area contributed by atoms with Crippen molar-refractivity contribution in [2.75, 3.05) is 6.61 Å². The average molecular weight is 336 g/mol. The molecule has 4 heteroatoms. The Hall–Kier alpha value is -0.610. The number of aliphatic hydroxyl groups is 2. The van der Waals surface area contributed by atoms with Crippen molar-refractivity contribution in [1.82, 2.24) is 0 Å². The second-order valence-corrected chi connectivity index (χ2v) is 10.0. The van der Waals surface area contributed by atoms with Gasteiger partial charge in [0.15, 0.2) is 0 Å². The summed E-state index contributed by atoms with van der Waals surface area (Å²) in [6.45, 7) is 4.19. The van der Waals surface area contributed by atoms with Gasteiger partial charge in [0.25, 0.3) is 0 Å². The van der Waals surface area contributed by atoms with Gasteiger partial charge in [0, 0.05) is 0 Å². The SMILES string of the molecule is C[C@@]12CCC[C@@](C)(C(=O)O)[C@H]1CC[C@@]13C[C@@H](CC[C@H]12)[C@@](O)(CO)C3. The Balaban J connectivity index is 1.73. The van der Waals surface area contributed by atoms with Crippen LogP contribution in [0.15, 0.2) is 0 Å². The van der Waals surface area contributed by atoms with Gasteiger partial charge >= 0.3 is 5.97 Å². The minimum Gasteiger partial charge on any atom is -0.481 e. The van der Waals surface area contributed by atoms with Crippen LogP contribution in [-0.4, -0.2) is 33.5 Å². The summed E-state index contributed by atoms with van der Waals surface area (Å²) in [6.07, 6.45) is 8.73. The van der Waals surface area contributed by atoms with Crippen molar-refractivity contribution in [3.63, 3.8) is 0 Å². The lowest BCUT2D eigenvalue weighted by Gasteiger charge is -2.63. The summed E-state index contributed by atoms with van der Waals surface area (Å²) in [5.41, 5.74) is -1.31. The lowest BCUT2D eigenvalue weighted by molar-refractivity contribution is -0.181. The highest BCUT2D eigenvalue weighted by Crippen LogP contribution is 2.72. The highest BCUT2D eigenvalue weighted by molar-refractivity contribution is 5.75. The van der Waals surface area contributed by atoms with Gasteiger partial charge < -0.3 is 15.3 Å². The molecule has 0 amide bonds. The van der Waals surface area contributed by atoms with E-state index in [0.717, 1.165) is 57.8 Å². The third-order valence-corrected chi connectivity index (χ3v) is 9.08. The van der Waals surface area contributed by atoms with E-state index in [-0.39, 0.29) is 29.3 Å². The lowest BCUT2D eigenvalue weighted by Crippen LogP contribution is -2.58. The van der Waals surface area contributed by atoms with Gasteiger partial charge in [-0.3, -0.25) is 4.79 Å². The van der Waals surface area contributed by atoms with E-state index in [0.29, 0.717) is 5.92 Å². The molecule has 0 unspecified atom stereocenters. The topological polar surface area (TPSA) is 77.8 Å². The number of hydrogen-bond acceptors (Lipinski definition) is 3. The highest BCUT2D eigenvalue weighted by atomic mass is 16.4. The second-order valence-electron chi connectivity index (χ2n) is 10.0. The fourth-order valence-corrected chi connectivity index (χ4v) is 8.06. The first-order valence-corrected chi connectivity index (χ1v) is 9.77. The zero-order valence-electron chi connectivity index (χ0n) is 15.1. The van der Waals surface area contributed by atoms with Crippen molar-refractivity contribution in [2.24, 2.45) is 34.0 Å². The van der Waals surface area contributed by atoms with Gasteiger partial charge in [0.2, 0.25) is 0 Å². The monoisotopic (exact) mass is 336 g/mol. The number of carbonyl (C=O) groups is 1. The molecule has 4 nitrogen and oxygen atoms in total. The fraction of sp³-hybridized carbons (Fsp3) is 0.950. The quantitative estimate of drug-likeness (QED) is 0.723. The number of carboxylic acid groups (broad SMARTS) is 1. The number of aliphatic hydroxyl groups excluding tert-OH is 1. The molecule has 4 aliphatic carbocycles. The Morgan fingerprint density at radius 3 is 2.50 bits per heavy atom. The van der Waals surface area contributed by atoms with Crippen LogP contribution in [0, 0.1) is 34.0 Å². The Kier molecular flexibility index (Phi) is 3.49. The van der Waals surface area contributed by atoms with Gasteiger partial charge in [0.1, 0.15) is 0 Å². The van der Waals surface area contributed by atoms with E-state index in [2.05, 4.69) is 6.92 Å². The number of carboxylic acids is 1. The highest BCUT2D eigenvalue weighted by Gasteiger charge is 2.68. The van der Waals surface area contributed by atoms with Crippen molar-refractivity contribution in [2.45, 2.75) is 77.2 Å². The first-order chi connectivity index (χ1) is 11.2. The van der Waals surface area contributed by atoms with Crippen LogP contribution < -0.4 is 0 Å². The van der Waals surface area contributed by atoms with Gasteiger partial charge in [-0.1, -0.05) is 13.3 Å². The summed E-state index contributed by atoms with van der Waals surface area (Å²) in [6, 6.07) is 0. The zero-order chi connectivity index (χ0) is 17.4. The van der Waals surface area contributed by atoms with Crippen molar-refractivity contribution < 1.29 is 20.1 Å². The Labute approximate surface area is 144 Å². The Morgan fingerprint density at radius 2 is 1.83 bits per heavy atom. The van der Waals surface area contributed by atoms with Gasteiger partial charge in [-0.05, 0) is 86.9 Å². The molecular weight excluding hydrogens is 304 g/mol. The zero-order valence-corrected chi connectivity index (χ0v) is 15.1. The minimum atomic E-state index is -0.900. The molecule has 4 rings (SSSR count). The maximum absolute atomic E-state index is 12.1. The molecular formula is C20H32O4. The van der Waals surface area contributed by atoms with Crippen LogP contribution in [0.3, 0.4) is 0 Å². The van der Waals surface area contributed by atoms with Crippen LogP contribution >= 0.6 is 0 Å². The van der Waals surface area contributed by atoms with Gasteiger partial charge in [-0.2, -0.15) is 0 Å². The first-order valence-electron chi connectivity index (χ1n) is 9.77. The molecule has 0 radical (unpaired) electrons. The summed E-state index contributed by atoms with van der Waals surface area (Å²) in [5, 5.41) is 30.6. The molecule has 0 aromatic carbocycles. The third kappa shape index (κ3) is 1.90. The van der Waals surface area contributed by atoms with Crippen LogP contribution in [0.1, 0.15) is 71.6 Å². The van der Waals surface area contributed by atoms with Crippen LogP contribution in [-0.2, 0) is 4.79 Å². The predicted molar refractivity (Wildman–Crippen MR) is 90.3 cm³/mol. The van der Waals surface area contributed by atoms with E-state index in [9.17, 15) is 20.1 Å². The number of rotatable bonds is 2. The number of fused-ring (bicyclic) bond motifs is 3. The summed E-state index contributed by atoms with van der Waals surface area (Å²) in [4.78, 5) is 12.1. The molecule has 3 N–H and O–H groups in total. The summed E-state index contributed by atoms with van der Waals surface area (Å²) >= 11 is 0. The maximum Gasteiger partial charge on any atom is 0.309 e. The van der Waals surface area contributed by atoms with E-state index in [4.69, 9.17) is 0 Å². The van der Waals surface area contributed by atoms with Crippen molar-refractivity contribution in [3.8, 4) is 0 Å². The summed E-state index contributed by atoms with van der Waals surface area (Å²) < 4.78 is 0. The molecule has 0 aliphatic heterocycles. The van der Waals surface area contributed by atoms with Crippen molar-refractivity contribution >= 4 is 5.97 Å². The lowest BCUT2D eigenvalue weighted by atomic mass is 9.41. The molecule has 0 heterocycles. The van der Waals surface area contributed by atoms with Crippen LogP contribution in [0.4, 0.5) is 0 Å². The van der Waals surface area contributed by atoms with Crippen LogP contribution in [0.25, 0.3) is 0 Å². The summed E-state index contributed by atoms with van der Waals surface area (Å²) in [5.74, 6) is 0.348. The standard InChI is InChI=1S/C20H32O4/c1-17-7-3-8-18(2,16(22)23)14(17)6-9-19-10-13(4-5-15(17)19)20(24,11-19)12-21/h13-15,21,24H,3-12H2,1-2H3,(H,22,23)/t13-,14+,15+,17-,18-,19+,20+/m1/s1. The Morgan fingerprint density at radius 1 is 1.08 bits per heavy atom. The number of hydrogen-bond donors (Lipinski definition) is 3. The molecule has 4 saturated carbocycles. The molecule has 0 saturated heterocycles. The van der Waals surface area contributed by atoms with E-state index in [1.54, 1.807) is 0 Å². The van der Waals surface area contributed by atoms with Gasteiger partial charge in [0.05, 0.1) is 17.6 Å². The van der Waals surface area contributed by atoms with E-state index >= 15 is 0 Å². The molecule has 0 aromatic rings. The van der Waals surface area contributed by atoms with E-state index in [1.807, 2.05) is 6.92 Å². The molecule has 24 heavy (non-hydrogen) atoms. The third-order valence-electron chi connectivity index (χ3n) is 9.08. The average Bonchev–Trinajstić information content (AvgIpc) is 2.73. The van der Waals surface area contributed by atoms with Crippen molar-refractivity contribution in [1.29, 1.82) is 0 Å². The molecule has 2 bridgehead atoms. The van der Waals surface area contributed by atoms with E-state index < -0.39 is 17.0 Å². The van der Waals surface area contributed by atoms with E-state index in [1.165, 1.54) is 0 Å². The molecule has 7 atom stereocenters. The first kappa shape index (κ1) is 16.8. The predicted octanol–water partition coefficient (Wildman–Crippen LogP) is 3.21.